The molecular weight excluding hydrogens is 471 g/mol. The fourth-order valence-corrected chi connectivity index (χ4v) is 3.95. The van der Waals surface area contributed by atoms with E-state index in [4.69, 9.17) is 18.9 Å². The molecule has 1 fully saturated rings. The molecule has 6 heteroatoms. The van der Waals surface area contributed by atoms with Crippen LogP contribution in [0, 0.1) is 5.92 Å². The molecule has 5 atom stereocenters. The van der Waals surface area contributed by atoms with Crippen molar-refractivity contribution in [1.82, 2.24) is 0 Å². The highest BCUT2D eigenvalue weighted by Gasteiger charge is 2.42. The van der Waals surface area contributed by atoms with Crippen LogP contribution in [0.2, 0.25) is 0 Å². The Hall–Kier alpha value is -0.960. The van der Waals surface area contributed by atoms with Crippen LogP contribution < -0.4 is 0 Å². The van der Waals surface area contributed by atoms with Crippen LogP contribution in [0.5, 0.6) is 0 Å². The Balaban J connectivity index is 1.98. The van der Waals surface area contributed by atoms with Gasteiger partial charge >= 0.3 is 5.97 Å². The molecule has 1 aliphatic rings. The smallest absolute Gasteiger partial charge is 0.338 e. The van der Waals surface area contributed by atoms with E-state index in [1.165, 1.54) is 0 Å². The summed E-state index contributed by atoms with van der Waals surface area (Å²) < 4.78 is 24.3. The second kappa shape index (κ2) is 10.7. The van der Waals surface area contributed by atoms with Crippen LogP contribution in [0.1, 0.15) is 44.5 Å². The molecule has 156 valence electrons. The molecule has 1 saturated heterocycles. The fraction of sp³-hybridized carbons (Fsp3) is 0.591. The first-order valence-corrected chi connectivity index (χ1v) is 11.2. The Morgan fingerprint density at radius 2 is 1.89 bits per heavy atom. The number of halogens is 1. The number of methoxy groups -OCH3 is 1. The predicted molar refractivity (Wildman–Crippen MR) is 118 cm³/mol. The number of esters is 1. The zero-order valence-electron chi connectivity index (χ0n) is 17.3. The highest BCUT2D eigenvalue weighted by molar-refractivity contribution is 14.1. The molecule has 28 heavy (non-hydrogen) atoms. The van der Waals surface area contributed by atoms with E-state index < -0.39 is 11.9 Å². The topological polar surface area (TPSA) is 54.0 Å². The van der Waals surface area contributed by atoms with E-state index in [-0.39, 0.29) is 30.2 Å². The summed E-state index contributed by atoms with van der Waals surface area (Å²) in [5.74, 6) is -0.778. The summed E-state index contributed by atoms with van der Waals surface area (Å²) in [6.45, 7) is 7.85. The quantitative estimate of drug-likeness (QED) is 0.211. The third-order valence-corrected chi connectivity index (χ3v) is 5.40. The molecule has 0 radical (unpaired) electrons. The van der Waals surface area contributed by atoms with Crippen LogP contribution in [0.4, 0.5) is 0 Å². The SMILES string of the molecule is CO[C@H](/C=C\C(C)[C@H]1OC(C)(C)O[C@H]1CCI)[C@H](C)OC(=O)c1ccccc1. The van der Waals surface area contributed by atoms with Gasteiger partial charge in [-0.2, -0.15) is 0 Å². The van der Waals surface area contributed by atoms with Crippen molar-refractivity contribution in [2.45, 2.75) is 64.3 Å². The summed E-state index contributed by atoms with van der Waals surface area (Å²) in [4.78, 5) is 12.3. The first kappa shape index (κ1) is 23.3. The standard InChI is InChI=1S/C22H31IO5/c1-15(20-19(13-14-23)27-22(3,4)28-20)11-12-18(25-5)16(2)26-21(24)17-9-7-6-8-10-17/h6-12,15-16,18-20H,13-14H2,1-5H3/b12-11-/t15?,16-,18+,19-,20+/m0/s1. The van der Waals surface area contributed by atoms with Crippen LogP contribution in [0.15, 0.2) is 42.5 Å². The highest BCUT2D eigenvalue weighted by Crippen LogP contribution is 2.34. The summed E-state index contributed by atoms with van der Waals surface area (Å²) in [6, 6.07) is 8.97. The molecule has 0 amide bonds. The lowest BCUT2D eigenvalue weighted by atomic mass is 9.97. The van der Waals surface area contributed by atoms with Gasteiger partial charge in [0.25, 0.3) is 0 Å². The minimum atomic E-state index is -0.567. The number of hydrogen-bond donors (Lipinski definition) is 0. The van der Waals surface area contributed by atoms with Crippen molar-refractivity contribution < 1.29 is 23.7 Å². The van der Waals surface area contributed by atoms with Crippen LogP contribution in [0.3, 0.4) is 0 Å². The molecule has 1 heterocycles. The van der Waals surface area contributed by atoms with Gasteiger partial charge in [0, 0.05) is 17.5 Å². The molecule has 1 aromatic rings. The van der Waals surface area contributed by atoms with Gasteiger partial charge in [-0.3, -0.25) is 0 Å². The molecule has 1 unspecified atom stereocenters. The largest absolute Gasteiger partial charge is 0.456 e. The monoisotopic (exact) mass is 502 g/mol. The van der Waals surface area contributed by atoms with Gasteiger partial charge in [-0.15, -0.1) is 0 Å². The number of carbonyl (C=O) groups excluding carboxylic acids is 1. The molecule has 2 rings (SSSR count). The van der Waals surface area contributed by atoms with Gasteiger partial charge in [0.05, 0.1) is 17.8 Å². The Bertz CT molecular complexity index is 646. The average Bonchev–Trinajstić information content (AvgIpc) is 2.97. The van der Waals surface area contributed by atoms with Crippen molar-refractivity contribution in [1.29, 1.82) is 0 Å². The van der Waals surface area contributed by atoms with Gasteiger partial charge < -0.3 is 18.9 Å². The van der Waals surface area contributed by atoms with Gasteiger partial charge in [-0.1, -0.05) is 59.9 Å². The zero-order valence-corrected chi connectivity index (χ0v) is 19.4. The van der Waals surface area contributed by atoms with E-state index >= 15 is 0 Å². The molecule has 0 bridgehead atoms. The van der Waals surface area contributed by atoms with E-state index in [9.17, 15) is 4.79 Å². The summed E-state index contributed by atoms with van der Waals surface area (Å²) in [7, 11) is 1.61. The van der Waals surface area contributed by atoms with Gasteiger partial charge in [-0.05, 0) is 39.3 Å². The van der Waals surface area contributed by atoms with Crippen LogP contribution in [0.25, 0.3) is 0 Å². The maximum atomic E-state index is 12.3. The number of hydrogen-bond acceptors (Lipinski definition) is 5. The van der Waals surface area contributed by atoms with E-state index in [2.05, 4.69) is 35.6 Å². The minimum Gasteiger partial charge on any atom is -0.456 e. The summed E-state index contributed by atoms with van der Waals surface area (Å²) >= 11 is 2.36. The van der Waals surface area contributed by atoms with Gasteiger partial charge in [0.2, 0.25) is 0 Å². The Morgan fingerprint density at radius 3 is 2.50 bits per heavy atom. The minimum absolute atomic E-state index is 0.0132. The van der Waals surface area contributed by atoms with E-state index in [1.54, 1.807) is 19.2 Å². The van der Waals surface area contributed by atoms with E-state index in [0.29, 0.717) is 5.56 Å². The molecule has 0 aliphatic carbocycles. The highest BCUT2D eigenvalue weighted by atomic mass is 127. The summed E-state index contributed by atoms with van der Waals surface area (Å²) in [5, 5.41) is 0. The number of ether oxygens (including phenoxy) is 4. The molecule has 1 aliphatic heterocycles. The van der Waals surface area contributed by atoms with Crippen LogP contribution in [-0.4, -0.2) is 47.7 Å². The van der Waals surface area contributed by atoms with Crippen molar-refractivity contribution in [2.75, 3.05) is 11.5 Å². The van der Waals surface area contributed by atoms with Crippen molar-refractivity contribution >= 4 is 28.6 Å². The zero-order chi connectivity index (χ0) is 20.7. The molecule has 0 aromatic heterocycles. The molecule has 0 saturated carbocycles. The average molecular weight is 502 g/mol. The van der Waals surface area contributed by atoms with Gasteiger partial charge in [0.1, 0.15) is 12.2 Å². The molecule has 0 N–H and O–H groups in total. The predicted octanol–water partition coefficient (Wildman–Crippen LogP) is 4.78. The molecule has 1 aromatic carbocycles. The number of benzene rings is 1. The van der Waals surface area contributed by atoms with E-state index in [0.717, 1.165) is 10.8 Å². The number of rotatable bonds is 9. The first-order chi connectivity index (χ1) is 13.3. The normalized spacial score (nSPS) is 24.8. The van der Waals surface area contributed by atoms with Gasteiger partial charge in [-0.25, -0.2) is 4.79 Å². The van der Waals surface area contributed by atoms with E-state index in [1.807, 2.05) is 45.0 Å². The second-order valence-electron chi connectivity index (χ2n) is 7.54. The molecule has 0 spiro atoms. The Kier molecular flexibility index (Phi) is 8.92. The lowest BCUT2D eigenvalue weighted by molar-refractivity contribution is -0.148. The number of alkyl halides is 1. The Morgan fingerprint density at radius 1 is 1.21 bits per heavy atom. The Labute approximate surface area is 181 Å². The van der Waals surface area contributed by atoms with Gasteiger partial charge in [0.15, 0.2) is 5.79 Å². The lowest BCUT2D eigenvalue weighted by Gasteiger charge is -2.23. The third-order valence-electron chi connectivity index (χ3n) is 4.77. The number of carbonyl (C=O) groups is 1. The van der Waals surface area contributed by atoms with Crippen molar-refractivity contribution in [2.24, 2.45) is 5.92 Å². The summed E-state index contributed by atoms with van der Waals surface area (Å²) in [6.07, 6.45) is 4.27. The molecule has 5 nitrogen and oxygen atoms in total. The second-order valence-corrected chi connectivity index (χ2v) is 8.62. The summed E-state index contributed by atoms with van der Waals surface area (Å²) in [5.41, 5.74) is 0.530. The van der Waals surface area contributed by atoms with Crippen LogP contribution in [-0.2, 0) is 18.9 Å². The fourth-order valence-electron chi connectivity index (χ4n) is 3.34. The lowest BCUT2D eigenvalue weighted by Crippen LogP contribution is -2.31. The van der Waals surface area contributed by atoms with Crippen molar-refractivity contribution in [3.8, 4) is 0 Å². The van der Waals surface area contributed by atoms with Crippen LogP contribution >= 0.6 is 22.6 Å². The maximum absolute atomic E-state index is 12.3. The van der Waals surface area contributed by atoms with Crippen molar-refractivity contribution in [3.63, 3.8) is 0 Å². The maximum Gasteiger partial charge on any atom is 0.338 e. The molecular formula is C22H31IO5. The third kappa shape index (κ3) is 6.54. The van der Waals surface area contributed by atoms with Crippen molar-refractivity contribution in [3.05, 3.63) is 48.0 Å². The first-order valence-electron chi connectivity index (χ1n) is 9.66.